The average Bonchev–Trinajstić information content (AvgIpc) is 2.84. The van der Waals surface area contributed by atoms with Crippen molar-refractivity contribution in [2.24, 2.45) is 0 Å². The van der Waals surface area contributed by atoms with Gasteiger partial charge in [0.1, 0.15) is 0 Å². The van der Waals surface area contributed by atoms with Crippen LogP contribution in [0, 0.1) is 6.92 Å². The molecule has 1 aromatic heterocycles. The predicted molar refractivity (Wildman–Crippen MR) is 57.4 cm³/mol. The van der Waals surface area contributed by atoms with Crippen molar-refractivity contribution in [3.8, 4) is 0 Å². The van der Waals surface area contributed by atoms with E-state index in [1.807, 2.05) is 28.8 Å². The van der Waals surface area contributed by atoms with Gasteiger partial charge in [0.15, 0.2) is 0 Å². The number of nitrogens with zero attached hydrogens (tertiary/aromatic N) is 3. The molecule has 1 aliphatic rings. The number of aryl methyl sites for hydroxylation is 2. The number of carbonyl (C=O) groups excluding carboxylic acids is 1. The third kappa shape index (κ3) is 2.58. The SMILES string of the molecule is Cc1ccn(CCC(=O)N2CCCC2)n1. The minimum atomic E-state index is 0.264. The second kappa shape index (κ2) is 4.47. The summed E-state index contributed by atoms with van der Waals surface area (Å²) in [5, 5.41) is 4.26. The highest BCUT2D eigenvalue weighted by molar-refractivity contribution is 5.76. The molecule has 2 rings (SSSR count). The van der Waals surface area contributed by atoms with Crippen LogP contribution in [-0.2, 0) is 11.3 Å². The van der Waals surface area contributed by atoms with Gasteiger partial charge in [-0.3, -0.25) is 9.48 Å². The maximum Gasteiger partial charge on any atom is 0.224 e. The molecule has 1 amide bonds. The fourth-order valence-corrected chi connectivity index (χ4v) is 1.92. The van der Waals surface area contributed by atoms with Crippen molar-refractivity contribution < 1.29 is 4.79 Å². The number of hydrogen-bond acceptors (Lipinski definition) is 2. The van der Waals surface area contributed by atoms with Crippen LogP contribution in [0.1, 0.15) is 25.0 Å². The maximum absolute atomic E-state index is 11.7. The second-order valence-corrected chi connectivity index (χ2v) is 4.06. The summed E-state index contributed by atoms with van der Waals surface area (Å²) in [6.07, 6.45) is 4.81. The van der Waals surface area contributed by atoms with E-state index in [9.17, 15) is 4.79 Å². The van der Waals surface area contributed by atoms with E-state index < -0.39 is 0 Å². The highest BCUT2D eigenvalue weighted by atomic mass is 16.2. The summed E-state index contributed by atoms with van der Waals surface area (Å²) in [4.78, 5) is 13.7. The molecule has 0 radical (unpaired) electrons. The molecule has 15 heavy (non-hydrogen) atoms. The van der Waals surface area contributed by atoms with Gasteiger partial charge >= 0.3 is 0 Å². The van der Waals surface area contributed by atoms with E-state index in [4.69, 9.17) is 0 Å². The van der Waals surface area contributed by atoms with E-state index in [0.717, 1.165) is 31.6 Å². The third-order valence-electron chi connectivity index (χ3n) is 2.79. The Balaban J connectivity index is 1.80. The van der Waals surface area contributed by atoms with Gasteiger partial charge in [0.25, 0.3) is 0 Å². The molecule has 1 fully saturated rings. The van der Waals surface area contributed by atoms with Crippen molar-refractivity contribution in [2.45, 2.75) is 32.7 Å². The Hall–Kier alpha value is -1.32. The maximum atomic E-state index is 11.7. The van der Waals surface area contributed by atoms with Crippen LogP contribution in [0.25, 0.3) is 0 Å². The Bertz CT molecular complexity index is 339. The molecule has 0 unspecified atom stereocenters. The van der Waals surface area contributed by atoms with Crippen LogP contribution in [0.5, 0.6) is 0 Å². The summed E-state index contributed by atoms with van der Waals surface area (Å²) >= 11 is 0. The Morgan fingerprint density at radius 2 is 2.20 bits per heavy atom. The molecule has 1 saturated heterocycles. The van der Waals surface area contributed by atoms with Crippen LogP contribution in [-0.4, -0.2) is 33.7 Å². The highest BCUT2D eigenvalue weighted by Crippen LogP contribution is 2.09. The monoisotopic (exact) mass is 207 g/mol. The Morgan fingerprint density at radius 3 is 2.80 bits per heavy atom. The summed E-state index contributed by atoms with van der Waals surface area (Å²) in [7, 11) is 0. The van der Waals surface area contributed by atoms with Crippen molar-refractivity contribution in [1.82, 2.24) is 14.7 Å². The van der Waals surface area contributed by atoms with E-state index in [1.54, 1.807) is 0 Å². The Labute approximate surface area is 89.9 Å². The zero-order valence-electron chi connectivity index (χ0n) is 9.15. The van der Waals surface area contributed by atoms with Crippen LogP contribution >= 0.6 is 0 Å². The topological polar surface area (TPSA) is 38.1 Å². The first-order chi connectivity index (χ1) is 7.25. The van der Waals surface area contributed by atoms with Crippen LogP contribution < -0.4 is 0 Å². The molecule has 82 valence electrons. The lowest BCUT2D eigenvalue weighted by atomic mass is 10.3. The third-order valence-corrected chi connectivity index (χ3v) is 2.79. The van der Waals surface area contributed by atoms with Crippen molar-refractivity contribution in [1.29, 1.82) is 0 Å². The van der Waals surface area contributed by atoms with E-state index in [0.29, 0.717) is 13.0 Å². The van der Waals surface area contributed by atoms with E-state index in [2.05, 4.69) is 5.10 Å². The van der Waals surface area contributed by atoms with Gasteiger partial charge in [0.05, 0.1) is 5.69 Å². The molecule has 1 aliphatic heterocycles. The fourth-order valence-electron chi connectivity index (χ4n) is 1.92. The lowest BCUT2D eigenvalue weighted by molar-refractivity contribution is -0.130. The highest BCUT2D eigenvalue weighted by Gasteiger charge is 2.17. The molecule has 0 saturated carbocycles. The van der Waals surface area contributed by atoms with Gasteiger partial charge in [-0.15, -0.1) is 0 Å². The predicted octanol–water partition coefficient (Wildman–Crippen LogP) is 1.20. The number of amides is 1. The number of likely N-dealkylation sites (tertiary alicyclic amines) is 1. The van der Waals surface area contributed by atoms with Gasteiger partial charge in [-0.1, -0.05) is 0 Å². The van der Waals surface area contributed by atoms with Crippen molar-refractivity contribution in [3.63, 3.8) is 0 Å². The molecular formula is C11H17N3O. The van der Waals surface area contributed by atoms with Gasteiger partial charge < -0.3 is 4.90 Å². The van der Waals surface area contributed by atoms with Crippen LogP contribution in [0.4, 0.5) is 0 Å². The Morgan fingerprint density at radius 1 is 1.47 bits per heavy atom. The molecule has 0 aromatic carbocycles. The average molecular weight is 207 g/mol. The molecule has 4 heteroatoms. The first-order valence-electron chi connectivity index (χ1n) is 5.53. The molecule has 2 heterocycles. The second-order valence-electron chi connectivity index (χ2n) is 4.06. The molecule has 0 atom stereocenters. The lowest BCUT2D eigenvalue weighted by Crippen LogP contribution is -2.28. The zero-order chi connectivity index (χ0) is 10.7. The lowest BCUT2D eigenvalue weighted by Gasteiger charge is -2.14. The van der Waals surface area contributed by atoms with E-state index in [-0.39, 0.29) is 5.91 Å². The van der Waals surface area contributed by atoms with Crippen LogP contribution in [0.3, 0.4) is 0 Å². The van der Waals surface area contributed by atoms with Gasteiger partial charge in [-0.05, 0) is 25.8 Å². The largest absolute Gasteiger partial charge is 0.343 e. The standard InChI is InChI=1S/C11H17N3O/c1-10-4-8-14(12-10)9-5-11(15)13-6-2-3-7-13/h4,8H,2-3,5-7,9H2,1H3. The number of aromatic nitrogens is 2. The molecule has 0 N–H and O–H groups in total. The number of rotatable bonds is 3. The fraction of sp³-hybridized carbons (Fsp3) is 0.636. The first kappa shape index (κ1) is 10.2. The number of hydrogen-bond donors (Lipinski definition) is 0. The molecule has 0 spiro atoms. The molecule has 0 bridgehead atoms. The summed E-state index contributed by atoms with van der Waals surface area (Å²) in [5.41, 5.74) is 1.00. The van der Waals surface area contributed by atoms with E-state index >= 15 is 0 Å². The van der Waals surface area contributed by atoms with Gasteiger partial charge in [0, 0.05) is 32.3 Å². The number of carbonyl (C=O) groups is 1. The van der Waals surface area contributed by atoms with Crippen LogP contribution in [0.2, 0.25) is 0 Å². The quantitative estimate of drug-likeness (QED) is 0.747. The Kier molecular flexibility index (Phi) is 3.04. The smallest absolute Gasteiger partial charge is 0.224 e. The molecular weight excluding hydrogens is 190 g/mol. The van der Waals surface area contributed by atoms with Crippen molar-refractivity contribution in [3.05, 3.63) is 18.0 Å². The molecule has 0 aliphatic carbocycles. The summed E-state index contributed by atoms with van der Waals surface area (Å²) < 4.78 is 1.84. The minimum absolute atomic E-state index is 0.264. The summed E-state index contributed by atoms with van der Waals surface area (Å²) in [6, 6.07) is 1.96. The minimum Gasteiger partial charge on any atom is -0.343 e. The van der Waals surface area contributed by atoms with Crippen LogP contribution in [0.15, 0.2) is 12.3 Å². The first-order valence-corrected chi connectivity index (χ1v) is 5.53. The van der Waals surface area contributed by atoms with E-state index in [1.165, 1.54) is 0 Å². The van der Waals surface area contributed by atoms with Gasteiger partial charge in [0.2, 0.25) is 5.91 Å². The van der Waals surface area contributed by atoms with Crippen molar-refractivity contribution >= 4 is 5.91 Å². The van der Waals surface area contributed by atoms with Gasteiger partial charge in [-0.2, -0.15) is 5.10 Å². The summed E-state index contributed by atoms with van der Waals surface area (Å²) in [6.45, 7) is 4.54. The van der Waals surface area contributed by atoms with Gasteiger partial charge in [-0.25, -0.2) is 0 Å². The summed E-state index contributed by atoms with van der Waals surface area (Å²) in [5.74, 6) is 0.264. The molecule has 4 nitrogen and oxygen atoms in total. The zero-order valence-corrected chi connectivity index (χ0v) is 9.15. The van der Waals surface area contributed by atoms with Crippen molar-refractivity contribution in [2.75, 3.05) is 13.1 Å². The molecule has 1 aromatic rings. The normalized spacial score (nSPS) is 15.9.